The molecule has 0 aromatic heterocycles. The van der Waals surface area contributed by atoms with E-state index in [0.29, 0.717) is 42.9 Å². The summed E-state index contributed by atoms with van der Waals surface area (Å²) < 4.78 is 10.6. The Kier molecular flexibility index (Phi) is 9.45. The number of rotatable bonds is 9. The summed E-state index contributed by atoms with van der Waals surface area (Å²) in [7, 11) is 3.22. The van der Waals surface area contributed by atoms with Crippen LogP contribution in [0.4, 0.5) is 5.69 Å². The number of carbonyl (C=O) groups is 1. The highest BCUT2D eigenvalue weighted by Gasteiger charge is 2.16. The quantitative estimate of drug-likeness (QED) is 0.343. The number of carbonyl (C=O) groups excluding carboxylic acids is 1. The van der Waals surface area contributed by atoms with Gasteiger partial charge in [-0.1, -0.05) is 19.3 Å². The van der Waals surface area contributed by atoms with Crippen LogP contribution in [0.25, 0.3) is 0 Å². The molecule has 0 unspecified atom stereocenters. The molecule has 0 bridgehead atoms. The van der Waals surface area contributed by atoms with E-state index < -0.39 is 0 Å². The minimum absolute atomic E-state index is 0.139. The highest BCUT2D eigenvalue weighted by molar-refractivity contribution is 5.94. The summed E-state index contributed by atoms with van der Waals surface area (Å²) >= 11 is 0. The average Bonchev–Trinajstić information content (AvgIpc) is 2.72. The Morgan fingerprint density at radius 2 is 1.86 bits per heavy atom. The Labute approximate surface area is 168 Å². The molecule has 1 aromatic carbocycles. The molecule has 3 N–H and O–H groups in total. The van der Waals surface area contributed by atoms with Crippen molar-refractivity contribution in [3.05, 3.63) is 18.2 Å². The summed E-state index contributed by atoms with van der Waals surface area (Å²) in [5, 5.41) is 9.44. The first kappa shape index (κ1) is 21.9. The van der Waals surface area contributed by atoms with E-state index in [-0.39, 0.29) is 5.91 Å². The maximum atomic E-state index is 12.1. The lowest BCUT2D eigenvalue weighted by atomic mass is 9.87. The Balaban J connectivity index is 1.82. The number of anilines is 1. The van der Waals surface area contributed by atoms with Gasteiger partial charge in [-0.3, -0.25) is 9.79 Å². The molecule has 7 heteroatoms. The standard InChI is InChI=1S/C21H34N4O3/c1-4-22-21(25-17-10-11-18(27-2)19(15-17)28-3)24-13-12-23-20(26)14-16-8-6-5-7-9-16/h10-11,15-16H,4-9,12-14H2,1-3H3,(H,23,26)(H2,22,24,25). The Morgan fingerprint density at radius 1 is 1.11 bits per heavy atom. The lowest BCUT2D eigenvalue weighted by Crippen LogP contribution is -2.33. The zero-order valence-corrected chi connectivity index (χ0v) is 17.3. The van der Waals surface area contributed by atoms with Crippen LogP contribution in [-0.2, 0) is 4.79 Å². The molecule has 1 amide bonds. The number of ether oxygens (including phenoxy) is 2. The van der Waals surface area contributed by atoms with Crippen LogP contribution in [0.15, 0.2) is 23.2 Å². The second-order valence-electron chi connectivity index (χ2n) is 7.01. The summed E-state index contributed by atoms with van der Waals surface area (Å²) in [4.78, 5) is 16.6. The van der Waals surface area contributed by atoms with Gasteiger partial charge in [0, 0.05) is 31.3 Å². The molecule has 0 saturated heterocycles. The van der Waals surface area contributed by atoms with Gasteiger partial charge < -0.3 is 25.4 Å². The fraction of sp³-hybridized carbons (Fsp3) is 0.619. The lowest BCUT2D eigenvalue weighted by molar-refractivity contribution is -0.122. The molecule has 28 heavy (non-hydrogen) atoms. The fourth-order valence-corrected chi connectivity index (χ4v) is 3.45. The lowest BCUT2D eigenvalue weighted by Gasteiger charge is -2.20. The van der Waals surface area contributed by atoms with Gasteiger partial charge in [-0.25, -0.2) is 0 Å². The molecular formula is C21H34N4O3. The van der Waals surface area contributed by atoms with Crippen LogP contribution < -0.4 is 25.4 Å². The van der Waals surface area contributed by atoms with E-state index in [1.165, 1.54) is 32.1 Å². The number of nitrogens with one attached hydrogen (secondary N) is 3. The highest BCUT2D eigenvalue weighted by Crippen LogP contribution is 2.29. The van der Waals surface area contributed by atoms with Crippen molar-refractivity contribution in [2.75, 3.05) is 39.2 Å². The third-order valence-electron chi connectivity index (χ3n) is 4.89. The van der Waals surface area contributed by atoms with Gasteiger partial charge in [0.1, 0.15) is 0 Å². The zero-order chi connectivity index (χ0) is 20.2. The molecule has 0 atom stereocenters. The number of hydrogen-bond acceptors (Lipinski definition) is 4. The Morgan fingerprint density at radius 3 is 2.54 bits per heavy atom. The van der Waals surface area contributed by atoms with Crippen molar-refractivity contribution in [2.45, 2.75) is 45.4 Å². The van der Waals surface area contributed by atoms with Crippen molar-refractivity contribution >= 4 is 17.6 Å². The molecule has 0 radical (unpaired) electrons. The summed E-state index contributed by atoms with van der Waals surface area (Å²) in [6.45, 7) is 3.80. The largest absolute Gasteiger partial charge is 0.493 e. The maximum absolute atomic E-state index is 12.1. The molecule has 0 aliphatic heterocycles. The normalized spacial score (nSPS) is 15.0. The van der Waals surface area contributed by atoms with E-state index in [1.807, 2.05) is 25.1 Å². The molecule has 1 fully saturated rings. The fourth-order valence-electron chi connectivity index (χ4n) is 3.45. The number of aliphatic imine (C=N–C) groups is 1. The van der Waals surface area contributed by atoms with Gasteiger partial charge in [0.2, 0.25) is 5.91 Å². The zero-order valence-electron chi connectivity index (χ0n) is 17.3. The number of hydrogen-bond donors (Lipinski definition) is 3. The van der Waals surface area contributed by atoms with Gasteiger partial charge in [0.05, 0.1) is 20.8 Å². The molecule has 1 saturated carbocycles. The third kappa shape index (κ3) is 7.29. The van der Waals surface area contributed by atoms with Crippen molar-refractivity contribution in [2.24, 2.45) is 10.9 Å². The van der Waals surface area contributed by atoms with Crippen molar-refractivity contribution in [1.29, 1.82) is 0 Å². The Bertz CT molecular complexity index is 643. The molecule has 1 aliphatic carbocycles. The van der Waals surface area contributed by atoms with E-state index in [0.717, 1.165) is 12.2 Å². The van der Waals surface area contributed by atoms with Crippen LogP contribution >= 0.6 is 0 Å². The molecule has 0 spiro atoms. The molecular weight excluding hydrogens is 356 g/mol. The molecule has 1 aromatic rings. The van der Waals surface area contributed by atoms with Gasteiger partial charge in [0.25, 0.3) is 0 Å². The van der Waals surface area contributed by atoms with Crippen LogP contribution in [-0.4, -0.2) is 45.7 Å². The number of nitrogens with zero attached hydrogens (tertiary/aromatic N) is 1. The second kappa shape index (κ2) is 12.1. The maximum Gasteiger partial charge on any atom is 0.220 e. The van der Waals surface area contributed by atoms with E-state index >= 15 is 0 Å². The Hall–Kier alpha value is -2.44. The van der Waals surface area contributed by atoms with E-state index in [9.17, 15) is 4.79 Å². The number of guanidine groups is 1. The first-order valence-corrected chi connectivity index (χ1v) is 10.2. The van der Waals surface area contributed by atoms with Gasteiger partial charge in [0.15, 0.2) is 17.5 Å². The number of methoxy groups -OCH3 is 2. The van der Waals surface area contributed by atoms with E-state index in [2.05, 4.69) is 20.9 Å². The number of benzene rings is 1. The van der Waals surface area contributed by atoms with E-state index in [1.54, 1.807) is 14.2 Å². The molecule has 156 valence electrons. The van der Waals surface area contributed by atoms with Crippen LogP contribution in [0.5, 0.6) is 11.5 Å². The predicted molar refractivity (Wildman–Crippen MR) is 113 cm³/mol. The van der Waals surface area contributed by atoms with Gasteiger partial charge in [-0.2, -0.15) is 0 Å². The first-order chi connectivity index (χ1) is 13.7. The van der Waals surface area contributed by atoms with Crippen molar-refractivity contribution < 1.29 is 14.3 Å². The van der Waals surface area contributed by atoms with Crippen LogP contribution in [0.3, 0.4) is 0 Å². The van der Waals surface area contributed by atoms with Crippen LogP contribution in [0.2, 0.25) is 0 Å². The highest BCUT2D eigenvalue weighted by atomic mass is 16.5. The van der Waals surface area contributed by atoms with Gasteiger partial charge in [-0.05, 0) is 37.8 Å². The van der Waals surface area contributed by atoms with Crippen molar-refractivity contribution in [3.8, 4) is 11.5 Å². The molecule has 0 heterocycles. The van der Waals surface area contributed by atoms with Gasteiger partial charge in [-0.15, -0.1) is 0 Å². The average molecular weight is 391 g/mol. The minimum Gasteiger partial charge on any atom is -0.493 e. The van der Waals surface area contributed by atoms with Gasteiger partial charge >= 0.3 is 0 Å². The van der Waals surface area contributed by atoms with Crippen molar-refractivity contribution in [1.82, 2.24) is 10.6 Å². The predicted octanol–water partition coefficient (Wildman–Crippen LogP) is 3.17. The summed E-state index contributed by atoms with van der Waals surface area (Å²) in [6, 6.07) is 5.61. The van der Waals surface area contributed by atoms with Crippen molar-refractivity contribution in [3.63, 3.8) is 0 Å². The SMILES string of the molecule is CCNC(=NCCNC(=O)CC1CCCCC1)Nc1ccc(OC)c(OC)c1. The van der Waals surface area contributed by atoms with E-state index in [4.69, 9.17) is 9.47 Å². The smallest absolute Gasteiger partial charge is 0.220 e. The topological polar surface area (TPSA) is 84.0 Å². The summed E-state index contributed by atoms with van der Waals surface area (Å²) in [5.41, 5.74) is 0.846. The molecule has 2 rings (SSSR count). The second-order valence-corrected chi connectivity index (χ2v) is 7.01. The minimum atomic E-state index is 0.139. The summed E-state index contributed by atoms with van der Waals surface area (Å²) in [5.74, 6) is 2.69. The molecule has 1 aliphatic rings. The monoisotopic (exact) mass is 390 g/mol. The van der Waals surface area contributed by atoms with Crippen LogP contribution in [0.1, 0.15) is 45.4 Å². The third-order valence-corrected chi connectivity index (χ3v) is 4.89. The number of amides is 1. The first-order valence-electron chi connectivity index (χ1n) is 10.2. The molecule has 7 nitrogen and oxygen atoms in total. The van der Waals surface area contributed by atoms with Crippen LogP contribution in [0, 0.1) is 5.92 Å². The summed E-state index contributed by atoms with van der Waals surface area (Å²) in [6.07, 6.45) is 6.85.